The van der Waals surface area contributed by atoms with Crippen LogP contribution >= 0.6 is 0 Å². The van der Waals surface area contributed by atoms with E-state index in [0.717, 1.165) is 6.07 Å². The summed E-state index contributed by atoms with van der Waals surface area (Å²) in [6.07, 6.45) is -0.570. The van der Waals surface area contributed by atoms with E-state index in [1.807, 2.05) is 0 Å². The minimum Gasteiger partial charge on any atom is -0.465 e. The average Bonchev–Trinajstić information content (AvgIpc) is 2.47. The highest BCUT2D eigenvalue weighted by molar-refractivity contribution is 5.65. The molecular weight excluding hydrogens is 275 g/mol. The van der Waals surface area contributed by atoms with Crippen molar-refractivity contribution in [2.75, 3.05) is 13.1 Å². The molecule has 1 aliphatic heterocycles. The van der Waals surface area contributed by atoms with E-state index >= 15 is 0 Å². The topological polar surface area (TPSA) is 84.6 Å². The van der Waals surface area contributed by atoms with Crippen LogP contribution in [0.3, 0.4) is 0 Å². The van der Waals surface area contributed by atoms with Crippen molar-refractivity contribution in [3.8, 4) is 17.9 Å². The fraction of sp³-hybridized carbons (Fsp3) is 0.333. The van der Waals surface area contributed by atoms with Crippen LogP contribution in [0.2, 0.25) is 0 Å². The Morgan fingerprint density at radius 2 is 2.05 bits per heavy atom. The number of rotatable bonds is 0. The number of carbonyl (C=O) groups is 1. The number of piperidine rings is 1. The van der Waals surface area contributed by atoms with E-state index in [4.69, 9.17) is 10.4 Å². The van der Waals surface area contributed by atoms with Gasteiger partial charge in [-0.2, -0.15) is 5.26 Å². The summed E-state index contributed by atoms with van der Waals surface area (Å²) >= 11 is 0. The summed E-state index contributed by atoms with van der Waals surface area (Å²) in [6.45, 7) is 0.431. The van der Waals surface area contributed by atoms with E-state index in [1.54, 1.807) is 6.07 Å². The molecule has 0 atom stereocenters. The van der Waals surface area contributed by atoms with Crippen molar-refractivity contribution in [3.05, 3.63) is 35.1 Å². The number of carboxylic acid groups (broad SMARTS) is 1. The first-order chi connectivity index (χ1) is 9.93. The smallest absolute Gasteiger partial charge is 0.407 e. The Balaban J connectivity index is 2.12. The van der Waals surface area contributed by atoms with Crippen LogP contribution in [0.5, 0.6) is 0 Å². The number of amides is 1. The largest absolute Gasteiger partial charge is 0.465 e. The second-order valence-electron chi connectivity index (χ2n) is 4.86. The maximum absolute atomic E-state index is 13.2. The third-order valence-electron chi connectivity index (χ3n) is 3.39. The molecule has 6 heteroatoms. The van der Waals surface area contributed by atoms with Crippen molar-refractivity contribution in [1.82, 2.24) is 4.90 Å². The fourth-order valence-electron chi connectivity index (χ4n) is 2.07. The van der Waals surface area contributed by atoms with Crippen LogP contribution in [0.15, 0.2) is 18.2 Å². The fourth-order valence-corrected chi connectivity index (χ4v) is 2.07. The molecular formula is C15H13FN2O3. The van der Waals surface area contributed by atoms with Gasteiger partial charge >= 0.3 is 6.09 Å². The highest BCUT2D eigenvalue weighted by Crippen LogP contribution is 2.21. The van der Waals surface area contributed by atoms with E-state index in [9.17, 15) is 14.3 Å². The molecule has 0 saturated carbocycles. The highest BCUT2D eigenvalue weighted by Gasteiger charge is 2.32. The number of hydrogen-bond donors (Lipinski definition) is 2. The number of benzene rings is 1. The van der Waals surface area contributed by atoms with Crippen molar-refractivity contribution in [2.24, 2.45) is 0 Å². The molecule has 21 heavy (non-hydrogen) atoms. The van der Waals surface area contributed by atoms with E-state index < -0.39 is 17.5 Å². The second-order valence-corrected chi connectivity index (χ2v) is 4.86. The lowest BCUT2D eigenvalue weighted by Gasteiger charge is -2.33. The molecule has 5 nitrogen and oxygen atoms in total. The van der Waals surface area contributed by atoms with Gasteiger partial charge in [-0.1, -0.05) is 11.8 Å². The number of nitriles is 1. The zero-order valence-electron chi connectivity index (χ0n) is 11.1. The molecule has 1 heterocycles. The molecule has 0 unspecified atom stereocenters. The van der Waals surface area contributed by atoms with Crippen LogP contribution in [0.25, 0.3) is 0 Å². The Bertz CT molecular complexity index is 662. The lowest BCUT2D eigenvalue weighted by Crippen LogP contribution is -2.45. The molecule has 0 bridgehead atoms. The summed E-state index contributed by atoms with van der Waals surface area (Å²) in [5, 5.41) is 27.9. The van der Waals surface area contributed by atoms with E-state index in [1.165, 1.54) is 17.0 Å². The van der Waals surface area contributed by atoms with Crippen molar-refractivity contribution >= 4 is 6.09 Å². The first-order valence-corrected chi connectivity index (χ1v) is 6.37. The van der Waals surface area contributed by atoms with Crippen LogP contribution in [0.1, 0.15) is 24.0 Å². The van der Waals surface area contributed by atoms with Gasteiger partial charge in [0, 0.05) is 31.5 Å². The van der Waals surface area contributed by atoms with Gasteiger partial charge in [0.15, 0.2) is 0 Å². The summed E-state index contributed by atoms with van der Waals surface area (Å²) in [5.41, 5.74) is -0.927. The maximum Gasteiger partial charge on any atom is 0.407 e. The third kappa shape index (κ3) is 3.50. The predicted octanol–water partition coefficient (Wildman–Crippen LogP) is 1.55. The number of nitrogens with zero attached hydrogens (tertiary/aromatic N) is 2. The molecule has 0 aliphatic carbocycles. The predicted molar refractivity (Wildman–Crippen MR) is 71.8 cm³/mol. The highest BCUT2D eigenvalue weighted by atomic mass is 19.1. The van der Waals surface area contributed by atoms with Crippen LogP contribution in [-0.4, -0.2) is 39.9 Å². The Morgan fingerprint density at radius 1 is 1.38 bits per heavy atom. The van der Waals surface area contributed by atoms with Crippen LogP contribution < -0.4 is 0 Å². The Kier molecular flexibility index (Phi) is 4.11. The van der Waals surface area contributed by atoms with Crippen molar-refractivity contribution in [3.63, 3.8) is 0 Å². The third-order valence-corrected chi connectivity index (χ3v) is 3.39. The van der Waals surface area contributed by atoms with Gasteiger partial charge in [-0.3, -0.25) is 0 Å². The molecule has 1 saturated heterocycles. The van der Waals surface area contributed by atoms with E-state index in [2.05, 4.69) is 11.8 Å². The van der Waals surface area contributed by atoms with Gasteiger partial charge in [0.25, 0.3) is 0 Å². The summed E-state index contributed by atoms with van der Waals surface area (Å²) < 4.78 is 13.2. The van der Waals surface area contributed by atoms with Gasteiger partial charge in [0.2, 0.25) is 0 Å². The quantitative estimate of drug-likeness (QED) is 0.709. The SMILES string of the molecule is N#Cc1cc(C#CC2(O)CCN(C(=O)O)CC2)ccc1F. The first kappa shape index (κ1) is 14.8. The number of likely N-dealkylation sites (tertiary alicyclic amines) is 1. The molecule has 1 aromatic carbocycles. The molecule has 1 aromatic rings. The van der Waals surface area contributed by atoms with Crippen LogP contribution in [-0.2, 0) is 0 Å². The number of halogens is 1. The molecule has 1 aliphatic rings. The van der Waals surface area contributed by atoms with Gasteiger partial charge in [-0.15, -0.1) is 0 Å². The monoisotopic (exact) mass is 288 g/mol. The Morgan fingerprint density at radius 3 is 2.62 bits per heavy atom. The minimum atomic E-state index is -1.26. The zero-order valence-corrected chi connectivity index (χ0v) is 11.1. The maximum atomic E-state index is 13.2. The lowest BCUT2D eigenvalue weighted by atomic mass is 9.92. The van der Waals surface area contributed by atoms with Gasteiger partial charge in [-0.05, 0) is 18.2 Å². The lowest BCUT2D eigenvalue weighted by molar-refractivity contribution is 0.0296. The zero-order chi connectivity index (χ0) is 15.5. The van der Waals surface area contributed by atoms with Crippen molar-refractivity contribution in [1.29, 1.82) is 5.26 Å². The van der Waals surface area contributed by atoms with Gasteiger partial charge < -0.3 is 15.1 Å². The normalized spacial score (nSPS) is 16.5. The number of aliphatic hydroxyl groups is 1. The molecule has 108 valence electrons. The summed E-state index contributed by atoms with van der Waals surface area (Å²) in [4.78, 5) is 12.0. The molecule has 0 radical (unpaired) electrons. The first-order valence-electron chi connectivity index (χ1n) is 6.37. The summed E-state index contributed by atoms with van der Waals surface area (Å²) in [5.74, 6) is 4.80. The Labute approximate surface area is 121 Å². The van der Waals surface area contributed by atoms with Gasteiger partial charge in [0.05, 0.1) is 5.56 Å². The van der Waals surface area contributed by atoms with Crippen LogP contribution in [0.4, 0.5) is 9.18 Å². The number of hydrogen-bond acceptors (Lipinski definition) is 3. The van der Waals surface area contributed by atoms with Crippen molar-refractivity contribution < 1.29 is 19.4 Å². The summed E-state index contributed by atoms with van der Waals surface area (Å²) in [7, 11) is 0. The molecule has 2 N–H and O–H groups in total. The molecule has 0 spiro atoms. The minimum absolute atomic E-state index is 0.102. The van der Waals surface area contributed by atoms with Gasteiger partial charge in [-0.25, -0.2) is 9.18 Å². The second kappa shape index (κ2) is 5.82. The van der Waals surface area contributed by atoms with Crippen LogP contribution in [0, 0.1) is 29.0 Å². The van der Waals surface area contributed by atoms with Crippen molar-refractivity contribution in [2.45, 2.75) is 18.4 Å². The molecule has 1 fully saturated rings. The van der Waals surface area contributed by atoms with Gasteiger partial charge in [0.1, 0.15) is 17.5 Å². The molecule has 2 rings (SSSR count). The summed E-state index contributed by atoms with van der Waals surface area (Å²) in [6, 6.07) is 5.62. The van der Waals surface area contributed by atoms with E-state index in [0.29, 0.717) is 5.56 Å². The average molecular weight is 288 g/mol. The molecule has 1 amide bonds. The Hall–Kier alpha value is -2.57. The standard InChI is InChI=1S/C15H13FN2O3/c16-13-2-1-11(9-12(13)10-17)3-4-15(21)5-7-18(8-6-15)14(19)20/h1-2,9,21H,5-8H2,(H,19,20). The molecule has 0 aromatic heterocycles. The van der Waals surface area contributed by atoms with E-state index in [-0.39, 0.29) is 31.5 Å².